The minimum absolute atomic E-state index is 0.0476. The molecule has 0 bridgehead atoms. The zero-order chi connectivity index (χ0) is 43.2. The minimum Gasteiger partial charge on any atom is -0.507 e. The van der Waals surface area contributed by atoms with Crippen LogP contribution in [0.3, 0.4) is 0 Å². The van der Waals surface area contributed by atoms with Crippen LogP contribution in [-0.2, 0) is 27.3 Å². The smallest absolute Gasteiger partial charge is 0.243 e. The van der Waals surface area contributed by atoms with Crippen molar-refractivity contribution in [2.24, 2.45) is 11.8 Å². The Morgan fingerprint density at radius 1 is 1.00 bits per heavy atom. The Hall–Kier alpha value is -6.13. The second kappa shape index (κ2) is 17.0. The Morgan fingerprint density at radius 3 is 2.50 bits per heavy atom. The standard InChI is InChI=1S/C46H51N9O6S/c1-25(2)41(46(60)55-22-31(56)19-37(55)44(58)48-26(3)28-9-11-29(12-10-28)42-27(4)47-24-62-42)39-21-40(52-61-39)53-16-13-30(14-17-53)45(59)54-18-15-35-34(23-54)33-20-36(50-51-43(33)49-35)32-7-5-6-8-38(32)57/h5-12,20-21,24-26,30-31,37,41,56-57H,13-19,22-23H2,1-4H3,(H,48,58)(H,49,51)/t26-,31+,37-,41+/m0/s1. The van der Waals surface area contributed by atoms with Crippen molar-refractivity contribution in [3.8, 4) is 27.4 Å². The summed E-state index contributed by atoms with van der Waals surface area (Å²) in [7, 11) is 0. The van der Waals surface area contributed by atoms with Crippen molar-refractivity contribution in [2.75, 3.05) is 31.1 Å². The monoisotopic (exact) mass is 857 g/mol. The average Bonchev–Trinajstić information content (AvgIpc) is 4.09. The first kappa shape index (κ1) is 41.2. The summed E-state index contributed by atoms with van der Waals surface area (Å²) in [5, 5.41) is 38.3. The van der Waals surface area contributed by atoms with Gasteiger partial charge in [0.1, 0.15) is 17.7 Å². The van der Waals surface area contributed by atoms with E-state index in [1.54, 1.807) is 35.6 Å². The number of nitrogens with one attached hydrogen (secondary N) is 2. The van der Waals surface area contributed by atoms with Gasteiger partial charge >= 0.3 is 0 Å². The van der Waals surface area contributed by atoms with E-state index in [9.17, 15) is 24.6 Å². The maximum Gasteiger partial charge on any atom is 0.243 e. The third-order valence-corrected chi connectivity index (χ3v) is 13.8. The van der Waals surface area contributed by atoms with Gasteiger partial charge in [-0.25, -0.2) is 4.98 Å². The summed E-state index contributed by atoms with van der Waals surface area (Å²) >= 11 is 1.59. The molecule has 4 N–H and O–H groups in total. The molecule has 0 aliphatic carbocycles. The Balaban J connectivity index is 0.822. The topological polar surface area (TPSA) is 194 Å². The molecule has 16 heteroatoms. The first-order valence-corrected chi connectivity index (χ1v) is 22.3. The highest BCUT2D eigenvalue weighted by atomic mass is 32.1. The SMILES string of the molecule is Cc1ncsc1-c1ccc([C@H](C)NC(=O)[C@@H]2C[C@@H](O)CN2C(=O)[C@@H](c2cc(N3CCC(C(=O)N4CCc5[nH]c6nnc(-c7ccccc7O)cc6c5C4)CC3)no2)C(C)C)cc1. The minimum atomic E-state index is -0.836. The van der Waals surface area contributed by atoms with E-state index in [0.29, 0.717) is 73.9 Å². The number of aliphatic hydroxyl groups is 1. The van der Waals surface area contributed by atoms with Gasteiger partial charge in [0.2, 0.25) is 17.7 Å². The van der Waals surface area contributed by atoms with E-state index in [1.165, 1.54) is 4.90 Å². The number of phenolic OH excluding ortho intramolecular Hbond substituents is 1. The number of para-hydroxylation sites is 1. The first-order chi connectivity index (χ1) is 29.9. The van der Waals surface area contributed by atoms with E-state index in [2.05, 4.69) is 35.5 Å². The van der Waals surface area contributed by atoms with Gasteiger partial charge in [0.15, 0.2) is 17.2 Å². The van der Waals surface area contributed by atoms with Gasteiger partial charge in [-0.2, -0.15) is 0 Å². The number of piperidine rings is 1. The molecular weight excluding hydrogens is 807 g/mol. The summed E-state index contributed by atoms with van der Waals surface area (Å²) in [6.45, 7) is 10.1. The second-order valence-corrected chi connectivity index (χ2v) is 18.0. The fourth-order valence-corrected chi connectivity index (χ4v) is 10.1. The number of phenols is 1. The number of anilines is 1. The number of benzene rings is 2. The Labute approximate surface area is 363 Å². The number of aromatic hydroxyl groups is 1. The number of β-amino-alcohol motifs (C(OH)–C–C–N with tert-alkyl or cyclic N) is 1. The van der Waals surface area contributed by atoms with Gasteiger partial charge in [-0.3, -0.25) is 14.4 Å². The number of amides is 3. The number of hydrogen-bond donors (Lipinski definition) is 4. The number of thiazole rings is 1. The van der Waals surface area contributed by atoms with E-state index in [-0.39, 0.29) is 54.3 Å². The van der Waals surface area contributed by atoms with Crippen LogP contribution in [0.1, 0.15) is 80.3 Å². The number of aromatic nitrogens is 5. The third-order valence-electron chi connectivity index (χ3n) is 12.8. The number of aryl methyl sites for hydroxylation is 1. The van der Waals surface area contributed by atoms with Crippen molar-refractivity contribution in [1.29, 1.82) is 0 Å². The molecule has 3 amide bonds. The molecule has 3 aliphatic heterocycles. The molecule has 2 fully saturated rings. The highest BCUT2D eigenvalue weighted by Crippen LogP contribution is 2.36. The zero-order valence-electron chi connectivity index (χ0n) is 35.2. The van der Waals surface area contributed by atoms with Gasteiger partial charge in [0.05, 0.1) is 33.9 Å². The Morgan fingerprint density at radius 2 is 1.77 bits per heavy atom. The number of carbonyl (C=O) groups excluding carboxylic acids is 3. The maximum absolute atomic E-state index is 14.3. The largest absolute Gasteiger partial charge is 0.507 e. The molecule has 6 aromatic rings. The molecule has 0 radical (unpaired) electrons. The van der Waals surface area contributed by atoms with Gasteiger partial charge in [-0.05, 0) is 61.9 Å². The number of likely N-dealkylation sites (tertiary alicyclic amines) is 1. The molecule has 62 heavy (non-hydrogen) atoms. The maximum atomic E-state index is 14.3. The van der Waals surface area contributed by atoms with E-state index in [1.807, 2.05) is 74.5 Å². The number of aromatic amines is 1. The van der Waals surface area contributed by atoms with Crippen molar-refractivity contribution in [2.45, 2.75) is 84.0 Å². The lowest BCUT2D eigenvalue weighted by Gasteiger charge is -2.35. The molecule has 7 heterocycles. The van der Waals surface area contributed by atoms with Gasteiger partial charge in [0, 0.05) is 79.8 Å². The van der Waals surface area contributed by atoms with Crippen LogP contribution in [0, 0.1) is 18.8 Å². The average molecular weight is 858 g/mol. The summed E-state index contributed by atoms with van der Waals surface area (Å²) < 4.78 is 5.88. The highest BCUT2D eigenvalue weighted by molar-refractivity contribution is 7.13. The molecule has 9 rings (SSSR count). The highest BCUT2D eigenvalue weighted by Gasteiger charge is 2.44. The number of hydrogen-bond acceptors (Lipinski definition) is 12. The molecule has 322 valence electrons. The van der Waals surface area contributed by atoms with Crippen molar-refractivity contribution < 1.29 is 29.1 Å². The molecule has 0 saturated carbocycles. The summed E-state index contributed by atoms with van der Waals surface area (Å²) in [6, 6.07) is 17.6. The van der Waals surface area contributed by atoms with Crippen LogP contribution in [0.5, 0.6) is 5.75 Å². The van der Waals surface area contributed by atoms with Gasteiger partial charge in [-0.1, -0.05) is 55.4 Å². The summed E-state index contributed by atoms with van der Waals surface area (Å²) in [6.07, 6.45) is 1.28. The summed E-state index contributed by atoms with van der Waals surface area (Å²) in [5.74, 6) is -0.387. The zero-order valence-corrected chi connectivity index (χ0v) is 36.1. The summed E-state index contributed by atoms with van der Waals surface area (Å²) in [4.78, 5) is 56.4. The van der Waals surface area contributed by atoms with Crippen molar-refractivity contribution in [3.63, 3.8) is 0 Å². The third kappa shape index (κ3) is 7.92. The van der Waals surface area contributed by atoms with E-state index < -0.39 is 18.1 Å². The normalized spacial score (nSPS) is 19.2. The molecule has 3 aliphatic rings. The molecule has 4 atom stereocenters. The lowest BCUT2D eigenvalue weighted by Crippen LogP contribution is -2.48. The predicted octanol–water partition coefficient (Wildman–Crippen LogP) is 6.13. The van der Waals surface area contributed by atoms with E-state index >= 15 is 0 Å². The number of aliphatic hydroxyl groups excluding tert-OH is 1. The number of nitrogens with zero attached hydrogens (tertiary/aromatic N) is 7. The molecule has 2 saturated heterocycles. The van der Waals surface area contributed by atoms with Crippen molar-refractivity contribution in [3.05, 3.63) is 94.4 Å². The fraction of sp³-hybridized carbons (Fsp3) is 0.413. The van der Waals surface area contributed by atoms with Crippen LogP contribution in [0.2, 0.25) is 0 Å². The van der Waals surface area contributed by atoms with Gasteiger partial charge in [0.25, 0.3) is 0 Å². The van der Waals surface area contributed by atoms with Crippen molar-refractivity contribution >= 4 is 45.9 Å². The van der Waals surface area contributed by atoms with Gasteiger partial charge in [-0.15, -0.1) is 21.5 Å². The lowest BCUT2D eigenvalue weighted by atomic mass is 9.91. The molecule has 0 spiro atoms. The van der Waals surface area contributed by atoms with Crippen LogP contribution in [0.25, 0.3) is 32.7 Å². The van der Waals surface area contributed by atoms with Crippen LogP contribution < -0.4 is 10.2 Å². The lowest BCUT2D eigenvalue weighted by molar-refractivity contribution is -0.141. The molecule has 4 aromatic heterocycles. The van der Waals surface area contributed by atoms with Crippen LogP contribution in [0.15, 0.2) is 70.7 Å². The number of H-pyrrole nitrogens is 1. The second-order valence-electron chi connectivity index (χ2n) is 17.2. The van der Waals surface area contributed by atoms with Crippen LogP contribution >= 0.6 is 11.3 Å². The fourth-order valence-electron chi connectivity index (χ4n) is 9.32. The van der Waals surface area contributed by atoms with Crippen LogP contribution in [0.4, 0.5) is 5.82 Å². The molecule has 15 nitrogen and oxygen atoms in total. The number of rotatable bonds is 10. The first-order valence-electron chi connectivity index (χ1n) is 21.4. The summed E-state index contributed by atoms with van der Waals surface area (Å²) in [5.41, 5.74) is 8.72. The Bertz CT molecular complexity index is 2610. The molecule has 2 aromatic carbocycles. The number of carbonyl (C=O) groups is 3. The van der Waals surface area contributed by atoms with Crippen molar-refractivity contribution in [1.82, 2.24) is 40.4 Å². The van der Waals surface area contributed by atoms with Crippen LogP contribution in [-0.4, -0.2) is 101 Å². The molecule has 0 unspecified atom stereocenters. The van der Waals surface area contributed by atoms with Gasteiger partial charge < -0.3 is 39.7 Å². The van der Waals surface area contributed by atoms with E-state index in [4.69, 9.17) is 4.52 Å². The number of fused-ring (bicyclic) bond motifs is 3. The Kier molecular flexibility index (Phi) is 11.3. The predicted molar refractivity (Wildman–Crippen MR) is 234 cm³/mol. The quantitative estimate of drug-likeness (QED) is 0.124. The molecular formula is C46H51N9O6S. The van der Waals surface area contributed by atoms with E-state index in [0.717, 1.165) is 38.3 Å².